The molecule has 0 spiro atoms. The van der Waals surface area contributed by atoms with Crippen LogP contribution in [0.15, 0.2) is 12.3 Å². The summed E-state index contributed by atoms with van der Waals surface area (Å²) in [5.74, 6) is -0.782. The van der Waals surface area contributed by atoms with Crippen LogP contribution in [0.4, 0.5) is 0 Å². The van der Waals surface area contributed by atoms with E-state index in [2.05, 4.69) is 25.9 Å². The van der Waals surface area contributed by atoms with Crippen molar-refractivity contribution in [3.8, 4) is 0 Å². The molecular formula is C10H16N2O2. The van der Waals surface area contributed by atoms with Gasteiger partial charge < -0.3 is 5.11 Å². The van der Waals surface area contributed by atoms with Crippen LogP contribution in [0.3, 0.4) is 0 Å². The van der Waals surface area contributed by atoms with Gasteiger partial charge in [0.2, 0.25) is 0 Å². The number of rotatable bonds is 3. The van der Waals surface area contributed by atoms with Crippen molar-refractivity contribution in [1.82, 2.24) is 9.78 Å². The number of carbonyl (C=O) groups is 1. The molecule has 0 saturated heterocycles. The molecule has 4 nitrogen and oxygen atoms in total. The summed E-state index contributed by atoms with van der Waals surface area (Å²) < 4.78 is 1.85. The average Bonchev–Trinajstić information content (AvgIpc) is 2.47. The Labute approximate surface area is 83.5 Å². The van der Waals surface area contributed by atoms with Gasteiger partial charge in [0.25, 0.3) is 0 Å². The van der Waals surface area contributed by atoms with Crippen molar-refractivity contribution in [3.63, 3.8) is 0 Å². The molecule has 0 radical (unpaired) electrons. The first-order valence-corrected chi connectivity index (χ1v) is 4.66. The van der Waals surface area contributed by atoms with Crippen molar-refractivity contribution in [2.24, 2.45) is 0 Å². The molecule has 0 aliphatic rings. The van der Waals surface area contributed by atoms with E-state index in [1.807, 2.05) is 16.9 Å². The smallest absolute Gasteiger partial charge is 0.303 e. The molecule has 0 saturated carbocycles. The van der Waals surface area contributed by atoms with Crippen LogP contribution in [0.25, 0.3) is 0 Å². The lowest BCUT2D eigenvalue weighted by atomic mass is 10.1. The van der Waals surface area contributed by atoms with E-state index in [1.54, 1.807) is 0 Å². The number of hydrogen-bond donors (Lipinski definition) is 1. The molecule has 0 aliphatic heterocycles. The van der Waals surface area contributed by atoms with Gasteiger partial charge in [0, 0.05) is 12.6 Å². The van der Waals surface area contributed by atoms with E-state index in [-0.39, 0.29) is 12.0 Å². The fraction of sp³-hybridized carbons (Fsp3) is 0.600. The molecule has 0 amide bonds. The SMILES string of the molecule is CC(C)(C)n1ccc(CCC(=O)O)n1. The van der Waals surface area contributed by atoms with Crippen molar-refractivity contribution in [1.29, 1.82) is 0 Å². The Kier molecular flexibility index (Phi) is 2.93. The molecule has 1 aromatic heterocycles. The maximum atomic E-state index is 10.3. The Bertz CT molecular complexity index is 323. The largest absolute Gasteiger partial charge is 0.481 e. The minimum absolute atomic E-state index is 0.0402. The summed E-state index contributed by atoms with van der Waals surface area (Å²) in [5.41, 5.74) is 0.795. The third-order valence-electron chi connectivity index (χ3n) is 1.93. The predicted octanol–water partition coefficient (Wildman–Crippen LogP) is 1.66. The summed E-state index contributed by atoms with van der Waals surface area (Å²) in [6.07, 6.45) is 2.52. The van der Waals surface area contributed by atoms with Gasteiger partial charge in [-0.15, -0.1) is 0 Å². The maximum Gasteiger partial charge on any atom is 0.303 e. The second-order valence-corrected chi connectivity index (χ2v) is 4.32. The lowest BCUT2D eigenvalue weighted by Crippen LogP contribution is -2.22. The highest BCUT2D eigenvalue weighted by Gasteiger charge is 2.13. The van der Waals surface area contributed by atoms with Crippen molar-refractivity contribution in [3.05, 3.63) is 18.0 Å². The normalized spacial score (nSPS) is 11.6. The Morgan fingerprint density at radius 1 is 1.57 bits per heavy atom. The zero-order valence-electron chi connectivity index (χ0n) is 8.82. The quantitative estimate of drug-likeness (QED) is 0.799. The number of carboxylic acids is 1. The van der Waals surface area contributed by atoms with Crippen LogP contribution in [0, 0.1) is 0 Å². The van der Waals surface area contributed by atoms with Gasteiger partial charge in [-0.1, -0.05) is 0 Å². The van der Waals surface area contributed by atoms with Crippen LogP contribution in [-0.2, 0) is 16.8 Å². The molecule has 0 aromatic carbocycles. The van der Waals surface area contributed by atoms with Gasteiger partial charge in [0.15, 0.2) is 0 Å². The highest BCUT2D eigenvalue weighted by Crippen LogP contribution is 2.13. The topological polar surface area (TPSA) is 55.1 Å². The van der Waals surface area contributed by atoms with Gasteiger partial charge in [0.1, 0.15) is 0 Å². The van der Waals surface area contributed by atoms with E-state index in [9.17, 15) is 4.79 Å². The molecule has 1 rings (SSSR count). The number of aryl methyl sites for hydroxylation is 1. The monoisotopic (exact) mass is 196 g/mol. The average molecular weight is 196 g/mol. The fourth-order valence-electron chi connectivity index (χ4n) is 1.10. The van der Waals surface area contributed by atoms with E-state index in [1.165, 1.54) is 0 Å². The van der Waals surface area contributed by atoms with Crippen molar-refractivity contribution in [2.45, 2.75) is 39.2 Å². The molecule has 0 fully saturated rings. The minimum atomic E-state index is -0.782. The first-order valence-electron chi connectivity index (χ1n) is 4.66. The first-order chi connectivity index (χ1) is 6.39. The molecule has 1 aromatic rings. The van der Waals surface area contributed by atoms with E-state index in [0.717, 1.165) is 5.69 Å². The van der Waals surface area contributed by atoms with Crippen LogP contribution in [0.1, 0.15) is 32.9 Å². The minimum Gasteiger partial charge on any atom is -0.481 e. The highest BCUT2D eigenvalue weighted by atomic mass is 16.4. The van der Waals surface area contributed by atoms with Crippen molar-refractivity contribution in [2.75, 3.05) is 0 Å². The van der Waals surface area contributed by atoms with Crippen LogP contribution in [0.5, 0.6) is 0 Å². The van der Waals surface area contributed by atoms with Gasteiger partial charge in [-0.2, -0.15) is 5.10 Å². The van der Waals surface area contributed by atoms with Gasteiger partial charge in [-0.25, -0.2) is 0 Å². The third-order valence-corrected chi connectivity index (χ3v) is 1.93. The molecule has 1 heterocycles. The molecule has 0 bridgehead atoms. The molecule has 4 heteroatoms. The van der Waals surface area contributed by atoms with E-state index < -0.39 is 5.97 Å². The van der Waals surface area contributed by atoms with Gasteiger partial charge in [-0.05, 0) is 26.8 Å². The number of aromatic nitrogens is 2. The number of hydrogen-bond acceptors (Lipinski definition) is 2. The second-order valence-electron chi connectivity index (χ2n) is 4.32. The summed E-state index contributed by atoms with van der Waals surface area (Å²) >= 11 is 0. The zero-order chi connectivity index (χ0) is 10.8. The fourth-order valence-corrected chi connectivity index (χ4v) is 1.10. The molecule has 0 unspecified atom stereocenters. The predicted molar refractivity (Wildman–Crippen MR) is 53.2 cm³/mol. The molecule has 78 valence electrons. The van der Waals surface area contributed by atoms with Crippen LogP contribution in [0.2, 0.25) is 0 Å². The van der Waals surface area contributed by atoms with Crippen molar-refractivity contribution >= 4 is 5.97 Å². The summed E-state index contributed by atoms with van der Waals surface area (Å²) in [6.45, 7) is 6.17. The molecule has 0 atom stereocenters. The first kappa shape index (κ1) is 10.8. The van der Waals surface area contributed by atoms with Crippen LogP contribution < -0.4 is 0 Å². The molecule has 0 aliphatic carbocycles. The second kappa shape index (κ2) is 3.82. The Hall–Kier alpha value is -1.32. The zero-order valence-corrected chi connectivity index (χ0v) is 8.82. The Morgan fingerprint density at radius 3 is 2.64 bits per heavy atom. The lowest BCUT2D eigenvalue weighted by molar-refractivity contribution is -0.136. The highest BCUT2D eigenvalue weighted by molar-refractivity contribution is 5.66. The lowest BCUT2D eigenvalue weighted by Gasteiger charge is -2.18. The Morgan fingerprint density at radius 2 is 2.21 bits per heavy atom. The molecule has 1 N–H and O–H groups in total. The number of aliphatic carboxylic acids is 1. The Balaban J connectivity index is 2.64. The van der Waals surface area contributed by atoms with E-state index in [4.69, 9.17) is 5.11 Å². The van der Waals surface area contributed by atoms with Crippen molar-refractivity contribution < 1.29 is 9.90 Å². The van der Waals surface area contributed by atoms with Crippen LogP contribution >= 0.6 is 0 Å². The van der Waals surface area contributed by atoms with Gasteiger partial charge in [-0.3, -0.25) is 9.48 Å². The maximum absolute atomic E-state index is 10.3. The van der Waals surface area contributed by atoms with Gasteiger partial charge >= 0.3 is 5.97 Å². The third kappa shape index (κ3) is 2.87. The molecular weight excluding hydrogens is 180 g/mol. The van der Waals surface area contributed by atoms with E-state index >= 15 is 0 Å². The summed E-state index contributed by atoms with van der Waals surface area (Å²) in [4.78, 5) is 10.3. The van der Waals surface area contributed by atoms with E-state index in [0.29, 0.717) is 6.42 Å². The number of carboxylic acid groups (broad SMARTS) is 1. The summed E-state index contributed by atoms with van der Waals surface area (Å²) in [7, 11) is 0. The number of nitrogens with zero attached hydrogens (tertiary/aromatic N) is 2. The summed E-state index contributed by atoms with van der Waals surface area (Å²) in [6, 6.07) is 1.87. The summed E-state index contributed by atoms with van der Waals surface area (Å²) in [5, 5.41) is 12.8. The molecule has 14 heavy (non-hydrogen) atoms. The standard InChI is InChI=1S/C10H16N2O2/c1-10(2,3)12-7-6-8(11-12)4-5-9(13)14/h6-7H,4-5H2,1-3H3,(H,13,14). The van der Waals surface area contributed by atoms with Crippen LogP contribution in [-0.4, -0.2) is 20.9 Å². The van der Waals surface area contributed by atoms with Gasteiger partial charge in [0.05, 0.1) is 17.7 Å².